The second-order valence-electron chi connectivity index (χ2n) is 4.48. The minimum absolute atomic E-state index is 0.920. The highest BCUT2D eigenvalue weighted by Gasteiger charge is 2.16. The monoisotopic (exact) mass is 234 g/mol. The number of ether oxygens (including phenoxy) is 1. The molecule has 2 rings (SSSR count). The Balaban J connectivity index is 2.18. The van der Waals surface area contributed by atoms with E-state index in [1.54, 1.807) is 7.11 Å². The molecule has 1 heterocycles. The van der Waals surface area contributed by atoms with E-state index in [-0.39, 0.29) is 0 Å². The van der Waals surface area contributed by atoms with Crippen molar-refractivity contribution < 1.29 is 4.74 Å². The van der Waals surface area contributed by atoms with Gasteiger partial charge in [0.15, 0.2) is 0 Å². The van der Waals surface area contributed by atoms with Crippen LogP contribution in [0.4, 0.5) is 0 Å². The summed E-state index contributed by atoms with van der Waals surface area (Å²) in [7, 11) is 1.75. The number of nitrogens with zero attached hydrogens (tertiary/aromatic N) is 1. The summed E-state index contributed by atoms with van der Waals surface area (Å²) in [5.74, 6) is 1.00. The Hall–Kier alpha value is -1.38. The lowest BCUT2D eigenvalue weighted by Crippen LogP contribution is -2.18. The van der Waals surface area contributed by atoms with Gasteiger partial charge >= 0.3 is 0 Å². The molecule has 0 spiro atoms. The molecule has 3 nitrogen and oxygen atoms in total. The molecule has 0 unspecified atom stereocenters. The molecule has 0 amide bonds. The van der Waals surface area contributed by atoms with Crippen molar-refractivity contribution in [3.63, 3.8) is 0 Å². The van der Waals surface area contributed by atoms with Crippen LogP contribution in [0.15, 0.2) is 35.4 Å². The average molecular weight is 234 g/mol. The summed E-state index contributed by atoms with van der Waals surface area (Å²) in [6.07, 6.45) is 10.2. The van der Waals surface area contributed by atoms with Gasteiger partial charge in [0.05, 0.1) is 12.8 Å². The molecule has 0 atom stereocenters. The third kappa shape index (κ3) is 2.84. The first-order chi connectivity index (χ1) is 8.35. The van der Waals surface area contributed by atoms with Gasteiger partial charge in [0.25, 0.3) is 0 Å². The summed E-state index contributed by atoms with van der Waals surface area (Å²) >= 11 is 0. The third-order valence-electron chi connectivity index (χ3n) is 3.21. The van der Waals surface area contributed by atoms with Gasteiger partial charge in [-0.25, -0.2) is 0 Å². The molecule has 0 saturated carbocycles. The zero-order valence-electron chi connectivity index (χ0n) is 10.8. The fraction of sp³-hybridized carbons (Fsp3) is 0.571. The number of methoxy groups -OCH3 is 1. The summed E-state index contributed by atoms with van der Waals surface area (Å²) < 4.78 is 5.55. The quantitative estimate of drug-likeness (QED) is 0.808. The normalized spacial score (nSPS) is 22.5. The Morgan fingerprint density at radius 1 is 1.41 bits per heavy atom. The molecule has 0 bridgehead atoms. The summed E-state index contributed by atoms with van der Waals surface area (Å²) in [6, 6.07) is 0. The van der Waals surface area contributed by atoms with E-state index in [1.165, 1.54) is 31.5 Å². The van der Waals surface area contributed by atoms with E-state index in [9.17, 15) is 0 Å². The van der Waals surface area contributed by atoms with Crippen LogP contribution in [0.3, 0.4) is 0 Å². The Morgan fingerprint density at radius 3 is 2.82 bits per heavy atom. The summed E-state index contributed by atoms with van der Waals surface area (Å²) in [5, 5.41) is 3.35. The molecule has 2 aliphatic rings. The van der Waals surface area contributed by atoms with Crippen LogP contribution in [0.25, 0.3) is 0 Å². The van der Waals surface area contributed by atoms with Crippen LogP contribution in [0.2, 0.25) is 0 Å². The molecule has 1 aliphatic carbocycles. The van der Waals surface area contributed by atoms with Crippen LogP contribution in [-0.2, 0) is 4.74 Å². The number of hydrogen-bond acceptors (Lipinski definition) is 3. The molecule has 0 aromatic carbocycles. The highest BCUT2D eigenvalue weighted by Crippen LogP contribution is 2.25. The van der Waals surface area contributed by atoms with Crippen LogP contribution in [-0.4, -0.2) is 31.6 Å². The molecule has 3 heteroatoms. The van der Waals surface area contributed by atoms with E-state index < -0.39 is 0 Å². The largest absolute Gasteiger partial charge is 0.494 e. The van der Waals surface area contributed by atoms with Crippen molar-refractivity contribution in [3.8, 4) is 0 Å². The molecule has 1 aliphatic heterocycles. The fourth-order valence-electron chi connectivity index (χ4n) is 2.42. The van der Waals surface area contributed by atoms with Gasteiger partial charge < -0.3 is 15.0 Å². The number of nitrogens with one attached hydrogen (secondary N) is 1. The first-order valence-corrected chi connectivity index (χ1v) is 6.49. The fourth-order valence-corrected chi connectivity index (χ4v) is 2.42. The second kappa shape index (κ2) is 5.80. The first kappa shape index (κ1) is 12.1. The molecule has 1 fully saturated rings. The van der Waals surface area contributed by atoms with E-state index >= 15 is 0 Å². The summed E-state index contributed by atoms with van der Waals surface area (Å²) in [6.45, 7) is 5.39. The number of hydrogen-bond donors (Lipinski definition) is 1. The smallest absolute Gasteiger partial charge is 0.146 e. The summed E-state index contributed by atoms with van der Waals surface area (Å²) in [4.78, 5) is 2.40. The van der Waals surface area contributed by atoms with E-state index in [2.05, 4.69) is 35.5 Å². The molecule has 0 aromatic heterocycles. The minimum atomic E-state index is 0.920. The van der Waals surface area contributed by atoms with Crippen molar-refractivity contribution in [2.75, 3.05) is 26.7 Å². The van der Waals surface area contributed by atoms with Gasteiger partial charge in [0.1, 0.15) is 5.76 Å². The van der Waals surface area contributed by atoms with Crippen molar-refractivity contribution in [2.45, 2.75) is 26.2 Å². The van der Waals surface area contributed by atoms with E-state index in [1.807, 2.05) is 0 Å². The van der Waals surface area contributed by atoms with Gasteiger partial charge in [-0.2, -0.15) is 0 Å². The van der Waals surface area contributed by atoms with E-state index in [0.29, 0.717) is 0 Å². The standard InChI is InChI=1S/C14H22N2O/c1-3-15-13-8-6-7-12(14(13)17-2)11-16-9-4-5-10-16/h6,8,11,15H,3-5,7,9-10H2,1-2H3. The Labute approximate surface area is 104 Å². The van der Waals surface area contributed by atoms with E-state index in [0.717, 1.165) is 24.4 Å². The lowest BCUT2D eigenvalue weighted by Gasteiger charge is -2.21. The van der Waals surface area contributed by atoms with Gasteiger partial charge in [0.2, 0.25) is 0 Å². The van der Waals surface area contributed by atoms with Crippen molar-refractivity contribution in [1.82, 2.24) is 10.2 Å². The second-order valence-corrected chi connectivity index (χ2v) is 4.48. The van der Waals surface area contributed by atoms with Crippen molar-refractivity contribution in [1.29, 1.82) is 0 Å². The number of allylic oxidation sites excluding steroid dienone is 3. The van der Waals surface area contributed by atoms with Gasteiger partial charge in [-0.05, 0) is 32.3 Å². The number of likely N-dealkylation sites (N-methyl/N-ethyl adjacent to an activating group) is 1. The van der Waals surface area contributed by atoms with Gasteiger partial charge in [-0.15, -0.1) is 0 Å². The zero-order valence-corrected chi connectivity index (χ0v) is 10.8. The van der Waals surface area contributed by atoms with Crippen LogP contribution < -0.4 is 5.32 Å². The third-order valence-corrected chi connectivity index (χ3v) is 3.21. The van der Waals surface area contributed by atoms with Gasteiger partial charge in [0, 0.05) is 31.4 Å². The Morgan fingerprint density at radius 2 is 2.18 bits per heavy atom. The van der Waals surface area contributed by atoms with E-state index in [4.69, 9.17) is 4.74 Å². The molecular formula is C14H22N2O. The lowest BCUT2D eigenvalue weighted by atomic mass is 10.0. The Kier molecular flexibility index (Phi) is 4.13. The minimum Gasteiger partial charge on any atom is -0.494 e. The topological polar surface area (TPSA) is 24.5 Å². The zero-order chi connectivity index (χ0) is 12.1. The number of likely N-dealkylation sites (tertiary alicyclic amines) is 1. The van der Waals surface area contributed by atoms with Crippen LogP contribution in [0.1, 0.15) is 26.2 Å². The molecule has 17 heavy (non-hydrogen) atoms. The average Bonchev–Trinajstić information content (AvgIpc) is 2.83. The predicted molar refractivity (Wildman–Crippen MR) is 70.4 cm³/mol. The molecule has 1 N–H and O–H groups in total. The van der Waals surface area contributed by atoms with Crippen molar-refractivity contribution in [2.24, 2.45) is 0 Å². The highest BCUT2D eigenvalue weighted by atomic mass is 16.5. The first-order valence-electron chi connectivity index (χ1n) is 6.49. The number of rotatable bonds is 4. The maximum atomic E-state index is 5.55. The van der Waals surface area contributed by atoms with Crippen molar-refractivity contribution in [3.05, 3.63) is 35.4 Å². The van der Waals surface area contributed by atoms with Crippen molar-refractivity contribution >= 4 is 0 Å². The molecule has 1 saturated heterocycles. The highest BCUT2D eigenvalue weighted by molar-refractivity contribution is 5.40. The van der Waals surface area contributed by atoms with Crippen LogP contribution >= 0.6 is 0 Å². The molecule has 0 aromatic rings. The Bertz CT molecular complexity index is 349. The van der Waals surface area contributed by atoms with Gasteiger partial charge in [-0.1, -0.05) is 6.08 Å². The SMILES string of the molecule is CCNC1=C(OC)C(=CN2CCCC2)CC=C1. The summed E-state index contributed by atoms with van der Waals surface area (Å²) in [5.41, 5.74) is 2.39. The molecule has 0 radical (unpaired) electrons. The molecular weight excluding hydrogens is 212 g/mol. The molecule has 94 valence electrons. The van der Waals surface area contributed by atoms with Crippen LogP contribution in [0, 0.1) is 0 Å². The van der Waals surface area contributed by atoms with Crippen LogP contribution in [0.5, 0.6) is 0 Å². The maximum Gasteiger partial charge on any atom is 0.146 e. The maximum absolute atomic E-state index is 5.55. The lowest BCUT2D eigenvalue weighted by molar-refractivity contribution is 0.290. The predicted octanol–water partition coefficient (Wildman–Crippen LogP) is 2.39. The van der Waals surface area contributed by atoms with Gasteiger partial charge in [-0.3, -0.25) is 0 Å².